The van der Waals surface area contributed by atoms with Gasteiger partial charge in [-0.3, -0.25) is 24.1 Å². The van der Waals surface area contributed by atoms with Crippen LogP contribution in [-0.2, 0) is 19.1 Å². The number of esters is 1. The number of amides is 2. The van der Waals surface area contributed by atoms with Crippen LogP contribution in [0.3, 0.4) is 0 Å². The second kappa shape index (κ2) is 8.06. The van der Waals surface area contributed by atoms with Crippen LogP contribution in [0.2, 0.25) is 0 Å². The maximum Gasteiger partial charge on any atom is 0.306 e. The summed E-state index contributed by atoms with van der Waals surface area (Å²) in [7, 11) is 0. The highest BCUT2D eigenvalue weighted by Crippen LogP contribution is 2.65. The molecule has 1 aliphatic heterocycles. The van der Waals surface area contributed by atoms with Gasteiger partial charge in [0, 0.05) is 18.5 Å². The van der Waals surface area contributed by atoms with Gasteiger partial charge in [0.1, 0.15) is 0 Å². The Balaban J connectivity index is 1.02. The summed E-state index contributed by atoms with van der Waals surface area (Å²) >= 11 is 0. The quantitative estimate of drug-likeness (QED) is 0.201. The van der Waals surface area contributed by atoms with E-state index in [9.17, 15) is 19.2 Å². The van der Waals surface area contributed by atoms with Crippen molar-refractivity contribution in [2.24, 2.45) is 35.5 Å². The molecule has 3 fully saturated rings. The van der Waals surface area contributed by atoms with E-state index >= 15 is 0 Å². The van der Waals surface area contributed by atoms with Crippen molar-refractivity contribution >= 4 is 23.6 Å². The molecule has 0 spiro atoms. The van der Waals surface area contributed by atoms with Gasteiger partial charge in [0.05, 0.1) is 11.8 Å². The van der Waals surface area contributed by atoms with Gasteiger partial charge in [0.15, 0.2) is 12.4 Å². The summed E-state index contributed by atoms with van der Waals surface area (Å²) in [6, 6.07) is 8.74. The van der Waals surface area contributed by atoms with Crippen molar-refractivity contribution in [2.45, 2.75) is 32.1 Å². The summed E-state index contributed by atoms with van der Waals surface area (Å²) in [5.74, 6) is 0.891. The number of ether oxygens (including phenoxy) is 1. The lowest BCUT2D eigenvalue weighted by molar-refractivity contribution is -0.143. The summed E-state index contributed by atoms with van der Waals surface area (Å²) in [6.45, 7) is 0.182. The number of imide groups is 1. The zero-order chi connectivity index (χ0) is 21.5. The second-order valence-electron chi connectivity index (χ2n) is 9.24. The predicted octanol–water partition coefficient (Wildman–Crippen LogP) is 3.03. The van der Waals surface area contributed by atoms with Crippen LogP contribution >= 0.6 is 0 Å². The molecule has 2 amide bonds. The van der Waals surface area contributed by atoms with E-state index in [4.69, 9.17) is 4.74 Å². The molecule has 6 nitrogen and oxygen atoms in total. The zero-order valence-corrected chi connectivity index (χ0v) is 17.4. The Bertz CT molecular complexity index is 902. The Hall–Kier alpha value is -2.76. The van der Waals surface area contributed by atoms with Gasteiger partial charge in [-0.05, 0) is 42.9 Å². The van der Waals surface area contributed by atoms with Crippen LogP contribution in [0.4, 0.5) is 0 Å². The van der Waals surface area contributed by atoms with Crippen LogP contribution in [0, 0.1) is 35.5 Å². The van der Waals surface area contributed by atoms with Gasteiger partial charge in [-0.2, -0.15) is 0 Å². The fraction of sp³-hybridized carbons (Fsp3) is 0.520. The lowest BCUT2D eigenvalue weighted by Crippen LogP contribution is -2.40. The molecule has 1 aromatic rings. The molecule has 6 heteroatoms. The van der Waals surface area contributed by atoms with E-state index in [1.807, 2.05) is 6.07 Å². The number of Topliss-reactive ketones (excluding diaryl/α,β-unsaturated/α-hetero) is 1. The molecule has 0 N–H and O–H groups in total. The third kappa shape index (κ3) is 3.62. The molecular formula is C25H27NO5. The Morgan fingerprint density at radius 3 is 2.19 bits per heavy atom. The van der Waals surface area contributed by atoms with Crippen molar-refractivity contribution < 1.29 is 23.9 Å². The molecular weight excluding hydrogens is 394 g/mol. The van der Waals surface area contributed by atoms with Crippen molar-refractivity contribution in [3.05, 3.63) is 48.0 Å². The number of allylic oxidation sites excluding steroid dienone is 2. The SMILES string of the molecule is O=C(CCCCCN1C(=O)[C@@H]2[C@H]3C=C[C@@H]([C@@H]4C[C@H]34)[C@H]2C1=O)OCC(=O)c1ccccc1. The van der Waals surface area contributed by atoms with E-state index in [-0.39, 0.29) is 54.3 Å². The van der Waals surface area contributed by atoms with Gasteiger partial charge >= 0.3 is 5.97 Å². The fourth-order valence-electron chi connectivity index (χ4n) is 5.88. The van der Waals surface area contributed by atoms with Gasteiger partial charge < -0.3 is 4.74 Å². The van der Waals surface area contributed by atoms with Crippen molar-refractivity contribution in [1.29, 1.82) is 0 Å². The number of unbranched alkanes of at least 4 members (excludes halogenated alkanes) is 2. The monoisotopic (exact) mass is 421 g/mol. The highest BCUT2D eigenvalue weighted by atomic mass is 16.5. The molecule has 6 rings (SSSR count). The summed E-state index contributed by atoms with van der Waals surface area (Å²) in [4.78, 5) is 51.1. The normalized spacial score (nSPS) is 32.1. The molecule has 2 bridgehead atoms. The van der Waals surface area contributed by atoms with Crippen LogP contribution in [0.5, 0.6) is 0 Å². The van der Waals surface area contributed by atoms with E-state index in [1.165, 1.54) is 11.3 Å². The molecule has 2 saturated carbocycles. The smallest absolute Gasteiger partial charge is 0.306 e. The lowest BCUT2D eigenvalue weighted by Gasteiger charge is -2.37. The van der Waals surface area contributed by atoms with E-state index in [1.54, 1.807) is 24.3 Å². The summed E-state index contributed by atoms with van der Waals surface area (Å²) < 4.78 is 5.07. The number of likely N-dealkylation sites (tertiary alicyclic amines) is 1. The van der Waals surface area contributed by atoms with Crippen molar-refractivity contribution in [3.8, 4) is 0 Å². The van der Waals surface area contributed by atoms with Crippen molar-refractivity contribution in [1.82, 2.24) is 4.90 Å². The Morgan fingerprint density at radius 2 is 1.55 bits per heavy atom. The first-order valence-electron chi connectivity index (χ1n) is 11.3. The Kier molecular flexibility index (Phi) is 5.24. The molecule has 0 aromatic heterocycles. The van der Waals surface area contributed by atoms with Gasteiger partial charge in [0.25, 0.3) is 0 Å². The molecule has 1 heterocycles. The third-order valence-electron chi connectivity index (χ3n) is 7.48. The molecule has 1 saturated heterocycles. The van der Waals surface area contributed by atoms with Crippen LogP contribution in [0.15, 0.2) is 42.5 Å². The van der Waals surface area contributed by atoms with Crippen LogP contribution < -0.4 is 0 Å². The molecule has 162 valence electrons. The summed E-state index contributed by atoms with van der Waals surface area (Å²) in [5, 5.41) is 0. The van der Waals surface area contributed by atoms with E-state index < -0.39 is 5.97 Å². The first kappa shape index (κ1) is 20.2. The Morgan fingerprint density at radius 1 is 0.903 bits per heavy atom. The number of ketones is 1. The number of rotatable bonds is 9. The maximum atomic E-state index is 12.9. The average Bonchev–Trinajstić information content (AvgIpc) is 3.58. The minimum absolute atomic E-state index is 0.0125. The van der Waals surface area contributed by atoms with Gasteiger partial charge in [-0.1, -0.05) is 48.9 Å². The minimum atomic E-state index is -0.398. The number of hydrogen-bond acceptors (Lipinski definition) is 5. The highest BCUT2D eigenvalue weighted by molar-refractivity contribution is 6.06. The number of benzene rings is 1. The molecule has 6 atom stereocenters. The van der Waals surface area contributed by atoms with Crippen LogP contribution in [0.1, 0.15) is 42.5 Å². The van der Waals surface area contributed by atoms with Gasteiger partial charge in [-0.15, -0.1) is 0 Å². The highest BCUT2D eigenvalue weighted by Gasteiger charge is 2.66. The van der Waals surface area contributed by atoms with Gasteiger partial charge in [-0.25, -0.2) is 0 Å². The molecule has 0 unspecified atom stereocenters. The van der Waals surface area contributed by atoms with E-state index in [2.05, 4.69) is 12.2 Å². The summed E-state index contributed by atoms with van der Waals surface area (Å²) in [5.41, 5.74) is 0.525. The largest absolute Gasteiger partial charge is 0.457 e. The average molecular weight is 421 g/mol. The topological polar surface area (TPSA) is 80.8 Å². The van der Waals surface area contributed by atoms with Crippen molar-refractivity contribution in [2.75, 3.05) is 13.2 Å². The standard InChI is InChI=1S/C25H27NO5/c27-20(15-7-3-1-4-8-15)14-31-21(28)9-5-2-6-12-26-24(29)22-16-10-11-17(19-13-18(16)19)23(22)25(26)30/h1,3-4,7-8,10-11,16-19,22-23H,2,5-6,9,12-14H2/t16-,17-,18-,19+,22+,23+/m0/s1. The minimum Gasteiger partial charge on any atom is -0.457 e. The van der Waals surface area contributed by atoms with Crippen molar-refractivity contribution in [3.63, 3.8) is 0 Å². The first-order valence-corrected chi connectivity index (χ1v) is 11.3. The molecule has 31 heavy (non-hydrogen) atoms. The lowest BCUT2D eigenvalue weighted by atomic mass is 9.63. The number of carbonyl (C=O) groups excluding carboxylic acids is 4. The number of hydrogen-bond donors (Lipinski definition) is 0. The predicted molar refractivity (Wildman–Crippen MR) is 112 cm³/mol. The van der Waals surface area contributed by atoms with E-state index in [0.717, 1.165) is 6.42 Å². The number of nitrogens with zero attached hydrogens (tertiary/aromatic N) is 1. The third-order valence-corrected chi connectivity index (χ3v) is 7.48. The first-order chi connectivity index (χ1) is 15.1. The van der Waals surface area contributed by atoms with Crippen LogP contribution in [-0.4, -0.2) is 41.6 Å². The number of carbonyl (C=O) groups is 4. The molecule has 1 aromatic carbocycles. The van der Waals surface area contributed by atoms with E-state index in [0.29, 0.717) is 36.8 Å². The fourth-order valence-corrected chi connectivity index (χ4v) is 5.88. The second-order valence-corrected chi connectivity index (χ2v) is 9.24. The molecule has 0 radical (unpaired) electrons. The van der Waals surface area contributed by atoms with Gasteiger partial charge in [0.2, 0.25) is 11.8 Å². The zero-order valence-electron chi connectivity index (χ0n) is 17.4. The molecule has 4 aliphatic carbocycles. The Labute approximate surface area is 181 Å². The maximum absolute atomic E-state index is 12.9. The summed E-state index contributed by atoms with van der Waals surface area (Å²) in [6.07, 6.45) is 7.78. The van der Waals surface area contributed by atoms with Crippen LogP contribution in [0.25, 0.3) is 0 Å². The molecule has 5 aliphatic rings.